The third-order valence-electron chi connectivity index (χ3n) is 4.13. The number of amides is 1. The summed E-state index contributed by atoms with van der Waals surface area (Å²) < 4.78 is 31.9. The fourth-order valence-electron chi connectivity index (χ4n) is 2.56. The Bertz CT molecular complexity index is 1020. The number of carbonyl (C=O) groups excluding carboxylic acids is 1. The topological polar surface area (TPSA) is 99.5 Å². The highest BCUT2D eigenvalue weighted by Crippen LogP contribution is 2.22. The van der Waals surface area contributed by atoms with Gasteiger partial charge in [-0.1, -0.05) is 18.2 Å². The van der Waals surface area contributed by atoms with Gasteiger partial charge in [0.15, 0.2) is 0 Å². The summed E-state index contributed by atoms with van der Waals surface area (Å²) in [7, 11) is -2.27. The molecule has 0 saturated carbocycles. The largest absolute Gasteiger partial charge is 0.478 e. The summed E-state index contributed by atoms with van der Waals surface area (Å²) in [5, 5.41) is 11.5. The summed E-state index contributed by atoms with van der Waals surface area (Å²) in [5.41, 5.74) is 1.18. The van der Waals surface area contributed by atoms with Crippen LogP contribution in [0.1, 0.15) is 16.8 Å². The van der Waals surface area contributed by atoms with E-state index >= 15 is 0 Å². The summed E-state index contributed by atoms with van der Waals surface area (Å²) in [5.74, 6) is -0.317. The quantitative estimate of drug-likeness (QED) is 0.855. The average molecular weight is 383 g/mol. The van der Waals surface area contributed by atoms with Gasteiger partial charge in [-0.25, -0.2) is 8.42 Å². The number of para-hydroxylation sites is 1. The smallest absolute Gasteiger partial charge is 0.264 e. The number of hydrogen-bond acceptors (Lipinski definition) is 5. The van der Waals surface area contributed by atoms with Crippen molar-refractivity contribution >= 4 is 21.6 Å². The van der Waals surface area contributed by atoms with Crippen LogP contribution in [0.2, 0.25) is 0 Å². The maximum atomic E-state index is 12.7. The first-order valence-electron chi connectivity index (χ1n) is 8.15. The van der Waals surface area contributed by atoms with E-state index in [1.54, 1.807) is 30.3 Å². The van der Waals surface area contributed by atoms with Gasteiger partial charge >= 0.3 is 0 Å². The molecular formula is C19H17N3O4S. The Morgan fingerprint density at radius 1 is 1.15 bits per heavy atom. The molecule has 0 unspecified atom stereocenters. The van der Waals surface area contributed by atoms with Gasteiger partial charge < -0.3 is 4.74 Å². The Hall–Kier alpha value is -3.31. The average Bonchev–Trinajstić information content (AvgIpc) is 3.15. The fourth-order valence-corrected chi connectivity index (χ4v) is 3.76. The van der Waals surface area contributed by atoms with E-state index in [-0.39, 0.29) is 16.3 Å². The number of carbonyl (C=O) groups is 1. The van der Waals surface area contributed by atoms with Crippen molar-refractivity contribution < 1.29 is 17.9 Å². The fraction of sp³-hybridized carbons (Fsp3) is 0.158. The predicted octanol–water partition coefficient (Wildman–Crippen LogP) is 2.40. The highest BCUT2D eigenvalue weighted by molar-refractivity contribution is 7.92. The summed E-state index contributed by atoms with van der Waals surface area (Å²) in [6.07, 6.45) is 0.453. The second-order valence-electron chi connectivity index (χ2n) is 5.80. The Morgan fingerprint density at radius 2 is 1.81 bits per heavy atom. The van der Waals surface area contributed by atoms with Crippen LogP contribution >= 0.6 is 0 Å². The monoisotopic (exact) mass is 383 g/mol. The minimum absolute atomic E-state index is 0.0689. The van der Waals surface area contributed by atoms with Crippen molar-refractivity contribution in [3.63, 3.8) is 0 Å². The van der Waals surface area contributed by atoms with Gasteiger partial charge in [0.05, 0.1) is 22.8 Å². The van der Waals surface area contributed by atoms with Crippen LogP contribution in [0.4, 0.5) is 5.69 Å². The van der Waals surface area contributed by atoms with E-state index in [1.165, 1.54) is 35.6 Å². The van der Waals surface area contributed by atoms with Crippen LogP contribution in [0.15, 0.2) is 70.9 Å². The molecule has 1 N–H and O–H groups in total. The van der Waals surface area contributed by atoms with Crippen LogP contribution in [0.25, 0.3) is 0 Å². The van der Waals surface area contributed by atoms with E-state index in [2.05, 4.69) is 5.32 Å². The summed E-state index contributed by atoms with van der Waals surface area (Å²) in [6, 6.07) is 16.3. The first kappa shape index (κ1) is 18.5. The van der Waals surface area contributed by atoms with E-state index < -0.39 is 15.9 Å². The van der Waals surface area contributed by atoms with Gasteiger partial charge in [0.2, 0.25) is 5.88 Å². The maximum Gasteiger partial charge on any atom is 0.264 e. The van der Waals surface area contributed by atoms with Crippen molar-refractivity contribution in [1.82, 2.24) is 5.32 Å². The number of sulfonamides is 1. The van der Waals surface area contributed by atoms with Gasteiger partial charge in [0.25, 0.3) is 15.9 Å². The lowest BCUT2D eigenvalue weighted by Crippen LogP contribution is -2.27. The number of hydrogen-bond donors (Lipinski definition) is 1. The predicted molar refractivity (Wildman–Crippen MR) is 99.1 cm³/mol. The number of nitrogens with one attached hydrogen (secondary N) is 1. The summed E-state index contributed by atoms with van der Waals surface area (Å²) >= 11 is 0. The van der Waals surface area contributed by atoms with Crippen molar-refractivity contribution in [3.05, 3.63) is 71.6 Å². The standard InChI is InChI=1S/C19H17N3O4S/c1-22(16-5-3-2-4-6-16)27(24,25)17-9-7-14(8-10-17)18(23)21-19-15(13-20)11-12-26-19/h2-10H,11-12H2,1H3,(H,21,23). The maximum absolute atomic E-state index is 12.7. The lowest BCUT2D eigenvalue weighted by Gasteiger charge is -2.19. The Labute approximate surface area is 157 Å². The first-order valence-corrected chi connectivity index (χ1v) is 9.59. The lowest BCUT2D eigenvalue weighted by molar-refractivity contribution is 0.0930. The molecule has 0 fully saturated rings. The Kier molecular flexibility index (Phi) is 5.14. The molecule has 7 nitrogen and oxygen atoms in total. The number of ether oxygens (including phenoxy) is 1. The molecule has 27 heavy (non-hydrogen) atoms. The van der Waals surface area contributed by atoms with Crippen LogP contribution in [0.3, 0.4) is 0 Å². The molecule has 1 aliphatic rings. The van der Waals surface area contributed by atoms with Crippen molar-refractivity contribution in [2.45, 2.75) is 11.3 Å². The molecule has 138 valence electrons. The molecule has 0 aliphatic carbocycles. The SMILES string of the molecule is CN(c1ccccc1)S(=O)(=O)c1ccc(C(=O)NC2=C(C#N)CCO2)cc1. The van der Waals surface area contributed by atoms with Gasteiger partial charge in [-0.15, -0.1) is 0 Å². The molecule has 3 rings (SSSR count). The van der Waals surface area contributed by atoms with Crippen LogP contribution in [-0.2, 0) is 14.8 Å². The molecule has 0 radical (unpaired) electrons. The molecular weight excluding hydrogens is 366 g/mol. The third-order valence-corrected chi connectivity index (χ3v) is 5.93. The summed E-state index contributed by atoms with van der Waals surface area (Å²) in [4.78, 5) is 12.4. The first-order chi connectivity index (χ1) is 12.9. The van der Waals surface area contributed by atoms with Gasteiger partial charge in [-0.2, -0.15) is 5.26 Å². The molecule has 2 aromatic carbocycles. The minimum Gasteiger partial charge on any atom is -0.478 e. The van der Waals surface area contributed by atoms with E-state index in [1.807, 2.05) is 6.07 Å². The minimum atomic E-state index is -3.75. The molecule has 1 amide bonds. The normalized spacial score (nSPS) is 13.6. The van der Waals surface area contributed by atoms with Gasteiger partial charge in [-0.05, 0) is 36.4 Å². The van der Waals surface area contributed by atoms with Gasteiger partial charge in [0.1, 0.15) is 6.07 Å². The van der Waals surface area contributed by atoms with E-state index in [4.69, 9.17) is 10.00 Å². The zero-order chi connectivity index (χ0) is 19.4. The molecule has 0 bridgehead atoms. The Balaban J connectivity index is 1.79. The van der Waals surface area contributed by atoms with Crippen LogP contribution in [0.5, 0.6) is 0 Å². The molecule has 0 saturated heterocycles. The van der Waals surface area contributed by atoms with Gasteiger partial charge in [-0.3, -0.25) is 14.4 Å². The number of benzene rings is 2. The molecule has 1 heterocycles. The number of anilines is 1. The van der Waals surface area contributed by atoms with E-state index in [0.29, 0.717) is 24.3 Å². The van der Waals surface area contributed by atoms with Crippen LogP contribution in [0, 0.1) is 11.3 Å². The molecule has 0 atom stereocenters. The van der Waals surface area contributed by atoms with E-state index in [0.717, 1.165) is 0 Å². The van der Waals surface area contributed by atoms with Crippen molar-refractivity contribution in [3.8, 4) is 6.07 Å². The summed E-state index contributed by atoms with van der Waals surface area (Å²) in [6.45, 7) is 0.349. The van der Waals surface area contributed by atoms with Crippen molar-refractivity contribution in [2.75, 3.05) is 18.0 Å². The second kappa shape index (κ2) is 7.51. The lowest BCUT2D eigenvalue weighted by atomic mass is 10.2. The van der Waals surface area contributed by atoms with E-state index in [9.17, 15) is 13.2 Å². The molecule has 0 spiro atoms. The van der Waals surface area contributed by atoms with Crippen molar-refractivity contribution in [1.29, 1.82) is 5.26 Å². The number of rotatable bonds is 5. The molecule has 8 heteroatoms. The van der Waals surface area contributed by atoms with Gasteiger partial charge in [0, 0.05) is 19.0 Å². The second-order valence-corrected chi connectivity index (χ2v) is 7.77. The van der Waals surface area contributed by atoms with Crippen molar-refractivity contribution in [2.24, 2.45) is 0 Å². The molecule has 0 aromatic heterocycles. The zero-order valence-electron chi connectivity index (χ0n) is 14.5. The zero-order valence-corrected chi connectivity index (χ0v) is 15.4. The van der Waals surface area contributed by atoms with Crippen LogP contribution in [-0.4, -0.2) is 28.0 Å². The van der Waals surface area contributed by atoms with Crippen LogP contribution < -0.4 is 9.62 Å². The highest BCUT2D eigenvalue weighted by atomic mass is 32.2. The number of nitriles is 1. The molecule has 2 aromatic rings. The Morgan fingerprint density at radius 3 is 2.44 bits per heavy atom. The number of nitrogens with zero attached hydrogens (tertiary/aromatic N) is 2. The molecule has 1 aliphatic heterocycles. The highest BCUT2D eigenvalue weighted by Gasteiger charge is 2.22. The third kappa shape index (κ3) is 3.78.